The van der Waals surface area contributed by atoms with Crippen molar-refractivity contribution in [1.82, 2.24) is 5.01 Å². The molecule has 0 saturated heterocycles. The molecule has 0 aromatic heterocycles. The van der Waals surface area contributed by atoms with Crippen molar-refractivity contribution < 1.29 is 0 Å². The van der Waals surface area contributed by atoms with E-state index in [1.165, 1.54) is 11.1 Å². The van der Waals surface area contributed by atoms with Crippen molar-refractivity contribution >= 4 is 0 Å². The van der Waals surface area contributed by atoms with Gasteiger partial charge < -0.3 is 0 Å². The molecule has 2 N–H and O–H groups in total. The van der Waals surface area contributed by atoms with E-state index in [-0.39, 0.29) is 0 Å². The molecule has 13 heavy (non-hydrogen) atoms. The van der Waals surface area contributed by atoms with Crippen LogP contribution in [0.4, 0.5) is 0 Å². The zero-order chi connectivity index (χ0) is 9.68. The van der Waals surface area contributed by atoms with E-state index in [1.807, 2.05) is 11.1 Å². The zero-order valence-corrected chi connectivity index (χ0v) is 8.29. The molecule has 0 bridgehead atoms. The number of allylic oxidation sites excluding steroid dienone is 2. The van der Waals surface area contributed by atoms with Gasteiger partial charge in [-0.15, -0.1) is 0 Å². The molecule has 0 amide bonds. The molecular formula is C11H18N2. The molecule has 1 heterocycles. The first kappa shape index (κ1) is 10.2. The highest BCUT2D eigenvalue weighted by Crippen LogP contribution is 2.17. The van der Waals surface area contributed by atoms with Gasteiger partial charge in [-0.1, -0.05) is 31.7 Å². The van der Waals surface area contributed by atoms with Crippen molar-refractivity contribution in [2.75, 3.05) is 13.1 Å². The second-order valence-corrected chi connectivity index (χ2v) is 3.29. The lowest BCUT2D eigenvalue weighted by Crippen LogP contribution is -2.36. The summed E-state index contributed by atoms with van der Waals surface area (Å²) in [5.74, 6) is 5.72. The Labute approximate surface area is 80.4 Å². The van der Waals surface area contributed by atoms with Crippen molar-refractivity contribution in [3.8, 4) is 0 Å². The molecule has 0 fully saturated rings. The third-order valence-corrected chi connectivity index (χ3v) is 2.26. The van der Waals surface area contributed by atoms with Crippen molar-refractivity contribution in [3.63, 3.8) is 0 Å². The summed E-state index contributed by atoms with van der Waals surface area (Å²) in [6, 6.07) is 0. The summed E-state index contributed by atoms with van der Waals surface area (Å²) in [7, 11) is 0. The highest BCUT2D eigenvalue weighted by molar-refractivity contribution is 5.35. The van der Waals surface area contributed by atoms with Gasteiger partial charge in [-0.25, -0.2) is 5.01 Å². The van der Waals surface area contributed by atoms with Gasteiger partial charge in [0.1, 0.15) is 0 Å². The van der Waals surface area contributed by atoms with E-state index in [0.717, 1.165) is 25.9 Å². The smallest absolute Gasteiger partial charge is 0.0382 e. The maximum absolute atomic E-state index is 5.72. The molecule has 0 radical (unpaired) electrons. The fourth-order valence-electron chi connectivity index (χ4n) is 1.47. The van der Waals surface area contributed by atoms with Crippen LogP contribution in [0.15, 0.2) is 36.0 Å². The first-order chi connectivity index (χ1) is 6.27. The van der Waals surface area contributed by atoms with E-state index in [0.29, 0.717) is 0 Å². The molecule has 2 heteroatoms. The fourth-order valence-corrected chi connectivity index (χ4v) is 1.47. The minimum absolute atomic E-state index is 0.826. The molecule has 72 valence electrons. The molecule has 2 nitrogen and oxygen atoms in total. The topological polar surface area (TPSA) is 29.3 Å². The largest absolute Gasteiger partial charge is 0.268 e. The van der Waals surface area contributed by atoms with E-state index in [4.69, 9.17) is 5.84 Å². The maximum Gasteiger partial charge on any atom is 0.0382 e. The van der Waals surface area contributed by atoms with Crippen LogP contribution in [0.2, 0.25) is 0 Å². The van der Waals surface area contributed by atoms with Crippen LogP contribution in [0.25, 0.3) is 0 Å². The number of hydrogen-bond donors (Lipinski definition) is 1. The second-order valence-electron chi connectivity index (χ2n) is 3.29. The lowest BCUT2D eigenvalue weighted by atomic mass is 10.0. The highest BCUT2D eigenvalue weighted by atomic mass is 15.4. The number of rotatable bonds is 3. The molecule has 0 unspecified atom stereocenters. The van der Waals surface area contributed by atoms with Gasteiger partial charge in [0, 0.05) is 13.1 Å². The molecule has 0 saturated carbocycles. The van der Waals surface area contributed by atoms with Crippen LogP contribution >= 0.6 is 0 Å². The third-order valence-electron chi connectivity index (χ3n) is 2.26. The number of nitrogens with two attached hydrogens (primary N) is 1. The average Bonchev–Trinajstić information content (AvgIpc) is 2.16. The number of nitrogens with zero attached hydrogens (tertiary/aromatic N) is 1. The maximum atomic E-state index is 5.72. The lowest BCUT2D eigenvalue weighted by Gasteiger charge is -2.24. The van der Waals surface area contributed by atoms with Gasteiger partial charge in [-0.2, -0.15) is 0 Å². The van der Waals surface area contributed by atoms with Crippen molar-refractivity contribution in [3.05, 3.63) is 36.0 Å². The van der Waals surface area contributed by atoms with E-state index in [1.54, 1.807) is 0 Å². The molecule has 0 aromatic rings. The van der Waals surface area contributed by atoms with Gasteiger partial charge in [0.05, 0.1) is 0 Å². The van der Waals surface area contributed by atoms with Crippen LogP contribution in [-0.2, 0) is 0 Å². The highest BCUT2D eigenvalue weighted by Gasteiger charge is 2.11. The van der Waals surface area contributed by atoms with Gasteiger partial charge in [-0.05, 0) is 24.0 Å². The van der Waals surface area contributed by atoms with Crippen LogP contribution in [0.3, 0.4) is 0 Å². The van der Waals surface area contributed by atoms with E-state index in [9.17, 15) is 0 Å². The Morgan fingerprint density at radius 3 is 2.92 bits per heavy atom. The monoisotopic (exact) mass is 178 g/mol. The minimum atomic E-state index is 0.826. The Hall–Kier alpha value is -0.860. The summed E-state index contributed by atoms with van der Waals surface area (Å²) < 4.78 is 0. The Balaban J connectivity index is 2.76. The summed E-state index contributed by atoms with van der Waals surface area (Å²) >= 11 is 0. The Morgan fingerprint density at radius 2 is 2.31 bits per heavy atom. The lowest BCUT2D eigenvalue weighted by molar-refractivity contribution is 0.300. The first-order valence-electron chi connectivity index (χ1n) is 4.78. The van der Waals surface area contributed by atoms with Gasteiger partial charge in [0.25, 0.3) is 0 Å². The van der Waals surface area contributed by atoms with Crippen LogP contribution in [0.5, 0.6) is 0 Å². The number of hydrogen-bond acceptors (Lipinski definition) is 2. The van der Waals surface area contributed by atoms with Crippen molar-refractivity contribution in [1.29, 1.82) is 0 Å². The predicted molar refractivity (Wildman–Crippen MR) is 57.0 cm³/mol. The van der Waals surface area contributed by atoms with Crippen LogP contribution < -0.4 is 5.84 Å². The van der Waals surface area contributed by atoms with Crippen LogP contribution in [0, 0.1) is 0 Å². The summed E-state index contributed by atoms with van der Waals surface area (Å²) in [6.07, 6.45) is 8.41. The summed E-state index contributed by atoms with van der Waals surface area (Å²) in [5, 5.41) is 1.83. The molecular weight excluding hydrogens is 160 g/mol. The SMILES string of the molecule is C=CC1=C(/C=C\CC)CCN(N)C1. The standard InChI is InChI=1S/C11H18N2/c1-3-5-6-11-7-8-13(12)9-10(11)4-2/h4-6H,2-3,7-9,12H2,1H3/b6-5-. The molecule has 1 rings (SSSR count). The van der Waals surface area contributed by atoms with E-state index in [2.05, 4.69) is 25.7 Å². The summed E-state index contributed by atoms with van der Waals surface area (Å²) in [4.78, 5) is 0. The fraction of sp³-hybridized carbons (Fsp3) is 0.455. The summed E-state index contributed by atoms with van der Waals surface area (Å²) in [5.41, 5.74) is 2.65. The van der Waals surface area contributed by atoms with Gasteiger partial charge >= 0.3 is 0 Å². The minimum Gasteiger partial charge on any atom is -0.268 e. The van der Waals surface area contributed by atoms with E-state index < -0.39 is 0 Å². The Bertz CT molecular complexity index is 238. The van der Waals surface area contributed by atoms with Crippen LogP contribution in [-0.4, -0.2) is 18.1 Å². The van der Waals surface area contributed by atoms with E-state index >= 15 is 0 Å². The zero-order valence-electron chi connectivity index (χ0n) is 8.29. The molecule has 0 atom stereocenters. The summed E-state index contributed by atoms with van der Waals surface area (Å²) in [6.45, 7) is 7.72. The number of hydrazine groups is 1. The van der Waals surface area contributed by atoms with Crippen molar-refractivity contribution in [2.24, 2.45) is 5.84 Å². The van der Waals surface area contributed by atoms with Gasteiger partial charge in [0.2, 0.25) is 0 Å². The molecule has 1 aliphatic rings. The van der Waals surface area contributed by atoms with Gasteiger partial charge in [0.15, 0.2) is 0 Å². The van der Waals surface area contributed by atoms with Crippen molar-refractivity contribution in [2.45, 2.75) is 19.8 Å². The molecule has 0 spiro atoms. The quantitative estimate of drug-likeness (QED) is 0.670. The Morgan fingerprint density at radius 1 is 1.54 bits per heavy atom. The molecule has 0 aliphatic carbocycles. The average molecular weight is 178 g/mol. The third kappa shape index (κ3) is 2.83. The van der Waals surface area contributed by atoms with Gasteiger partial charge in [-0.3, -0.25) is 5.84 Å². The van der Waals surface area contributed by atoms with Crippen LogP contribution in [0.1, 0.15) is 19.8 Å². The normalized spacial score (nSPS) is 19.8. The Kier molecular flexibility index (Phi) is 3.93. The predicted octanol–water partition coefficient (Wildman–Crippen LogP) is 2.01. The first-order valence-corrected chi connectivity index (χ1v) is 4.78. The molecule has 0 aromatic carbocycles. The second kappa shape index (κ2) is 5.00. The molecule has 1 aliphatic heterocycles.